The average molecular weight is 320 g/mol. The van der Waals surface area contributed by atoms with E-state index >= 15 is 0 Å². The molecule has 0 aliphatic heterocycles. The molecule has 2 unspecified atom stereocenters. The largest absolute Gasteiger partial charge is 0.497 e. The second-order valence-electron chi connectivity index (χ2n) is 4.01. The maximum absolute atomic E-state index is 11.9. The minimum Gasteiger partial charge on any atom is -0.497 e. The minimum absolute atomic E-state index is 0.104. The highest BCUT2D eigenvalue weighted by Gasteiger charge is 2.08. The second-order valence-corrected chi connectivity index (χ2v) is 6.44. The van der Waals surface area contributed by atoms with Crippen molar-refractivity contribution in [1.82, 2.24) is 0 Å². The monoisotopic (exact) mass is 319 g/mol. The van der Waals surface area contributed by atoms with Crippen molar-refractivity contribution in [3.8, 4) is 5.75 Å². The maximum Gasteiger partial charge on any atom is 0.119 e. The molecule has 0 radical (unpaired) electrons. The van der Waals surface area contributed by atoms with Crippen LogP contribution in [0.2, 0.25) is 0 Å². The molecule has 5 heteroatoms. The van der Waals surface area contributed by atoms with Crippen LogP contribution < -0.4 is 10.5 Å². The van der Waals surface area contributed by atoms with Crippen molar-refractivity contribution >= 4 is 26.7 Å². The van der Waals surface area contributed by atoms with Crippen LogP contribution >= 0.6 is 15.9 Å². The van der Waals surface area contributed by atoms with Crippen LogP contribution in [-0.2, 0) is 16.6 Å². The molecule has 0 saturated carbocycles. The van der Waals surface area contributed by atoms with E-state index in [4.69, 9.17) is 10.5 Å². The fourth-order valence-corrected chi connectivity index (χ4v) is 3.29. The zero-order valence-electron chi connectivity index (χ0n) is 10.1. The minimum atomic E-state index is -0.878. The van der Waals surface area contributed by atoms with Crippen LogP contribution in [0.15, 0.2) is 22.7 Å². The molecule has 96 valence electrons. The van der Waals surface area contributed by atoms with Gasteiger partial charge in [-0.25, -0.2) is 0 Å². The van der Waals surface area contributed by atoms with Crippen molar-refractivity contribution in [1.29, 1.82) is 0 Å². The van der Waals surface area contributed by atoms with Gasteiger partial charge in [0.25, 0.3) is 0 Å². The Hall–Kier alpha value is -0.390. The van der Waals surface area contributed by atoms with E-state index in [2.05, 4.69) is 15.9 Å². The normalized spacial score (nSPS) is 14.4. The van der Waals surface area contributed by atoms with Crippen LogP contribution in [0.25, 0.3) is 0 Å². The number of halogens is 1. The lowest BCUT2D eigenvalue weighted by molar-refractivity contribution is 0.414. The third-order valence-electron chi connectivity index (χ3n) is 2.37. The Labute approximate surface area is 113 Å². The lowest BCUT2D eigenvalue weighted by Gasteiger charge is -2.08. The molecule has 0 aromatic heterocycles. The molecular formula is C12H18BrNO2S. The average Bonchev–Trinajstić information content (AvgIpc) is 2.29. The number of hydrogen-bond donors (Lipinski definition) is 1. The van der Waals surface area contributed by atoms with E-state index in [-0.39, 0.29) is 6.04 Å². The van der Waals surface area contributed by atoms with Gasteiger partial charge in [-0.05, 0) is 37.1 Å². The SMILES string of the molecule is COc1ccc(Br)c(CS(=O)CCC(C)N)c1. The Morgan fingerprint density at radius 1 is 1.53 bits per heavy atom. The van der Waals surface area contributed by atoms with Crippen molar-refractivity contribution < 1.29 is 8.95 Å². The summed E-state index contributed by atoms with van der Waals surface area (Å²) < 4.78 is 18.0. The lowest BCUT2D eigenvalue weighted by Crippen LogP contribution is -2.18. The molecule has 0 fully saturated rings. The summed E-state index contributed by atoms with van der Waals surface area (Å²) >= 11 is 3.45. The van der Waals surface area contributed by atoms with Crippen molar-refractivity contribution in [2.75, 3.05) is 12.9 Å². The van der Waals surface area contributed by atoms with Crippen molar-refractivity contribution in [3.63, 3.8) is 0 Å². The fraction of sp³-hybridized carbons (Fsp3) is 0.500. The number of ether oxygens (including phenoxy) is 1. The molecule has 0 bridgehead atoms. The molecule has 17 heavy (non-hydrogen) atoms. The van der Waals surface area contributed by atoms with E-state index < -0.39 is 10.8 Å². The van der Waals surface area contributed by atoms with Gasteiger partial charge in [0, 0.05) is 32.8 Å². The van der Waals surface area contributed by atoms with Gasteiger partial charge in [-0.1, -0.05) is 15.9 Å². The summed E-state index contributed by atoms with van der Waals surface area (Å²) in [6, 6.07) is 5.80. The van der Waals surface area contributed by atoms with Gasteiger partial charge in [-0.2, -0.15) is 0 Å². The quantitative estimate of drug-likeness (QED) is 0.876. The third kappa shape index (κ3) is 5.19. The van der Waals surface area contributed by atoms with Crippen LogP contribution in [-0.4, -0.2) is 23.1 Å². The Kier molecular flexibility index (Phi) is 6.16. The number of nitrogens with two attached hydrogens (primary N) is 1. The van der Waals surface area contributed by atoms with E-state index in [1.54, 1.807) is 7.11 Å². The number of hydrogen-bond acceptors (Lipinski definition) is 3. The predicted molar refractivity (Wildman–Crippen MR) is 75.7 cm³/mol. The van der Waals surface area contributed by atoms with Crippen LogP contribution in [0.4, 0.5) is 0 Å². The smallest absolute Gasteiger partial charge is 0.119 e. The molecule has 2 atom stereocenters. The zero-order chi connectivity index (χ0) is 12.8. The summed E-state index contributed by atoms with van der Waals surface area (Å²) in [6.45, 7) is 1.93. The first-order valence-corrected chi connectivity index (χ1v) is 7.74. The van der Waals surface area contributed by atoms with Gasteiger partial charge in [0.05, 0.1) is 7.11 Å². The summed E-state index contributed by atoms with van der Waals surface area (Å²) in [5, 5.41) is 0. The lowest BCUT2D eigenvalue weighted by atomic mass is 10.2. The predicted octanol–water partition coefficient (Wildman–Crippen LogP) is 2.44. The van der Waals surface area contributed by atoms with E-state index in [0.29, 0.717) is 11.5 Å². The highest BCUT2D eigenvalue weighted by Crippen LogP contribution is 2.23. The third-order valence-corrected chi connectivity index (χ3v) is 4.47. The first-order chi connectivity index (χ1) is 8.02. The Morgan fingerprint density at radius 2 is 2.24 bits per heavy atom. The summed E-state index contributed by atoms with van der Waals surface area (Å²) in [4.78, 5) is 0. The molecule has 2 N–H and O–H groups in total. The molecule has 0 saturated heterocycles. The van der Waals surface area contributed by atoms with Crippen molar-refractivity contribution in [2.45, 2.75) is 25.1 Å². The number of methoxy groups -OCH3 is 1. The van der Waals surface area contributed by atoms with E-state index in [9.17, 15) is 4.21 Å². The highest BCUT2D eigenvalue weighted by atomic mass is 79.9. The molecule has 0 spiro atoms. The summed E-state index contributed by atoms with van der Waals surface area (Å²) in [7, 11) is 0.747. The first kappa shape index (κ1) is 14.7. The summed E-state index contributed by atoms with van der Waals surface area (Å²) in [6.07, 6.45) is 0.786. The van der Waals surface area contributed by atoms with Crippen LogP contribution in [0, 0.1) is 0 Å². The second kappa shape index (κ2) is 7.13. The fourth-order valence-electron chi connectivity index (χ4n) is 1.35. The number of benzene rings is 1. The topological polar surface area (TPSA) is 52.3 Å². The van der Waals surface area contributed by atoms with Crippen LogP contribution in [0.5, 0.6) is 5.75 Å². The molecule has 1 rings (SSSR count). The van der Waals surface area contributed by atoms with E-state index in [1.807, 2.05) is 25.1 Å². The van der Waals surface area contributed by atoms with Crippen molar-refractivity contribution in [3.05, 3.63) is 28.2 Å². The van der Waals surface area contributed by atoms with Crippen LogP contribution in [0.3, 0.4) is 0 Å². The van der Waals surface area contributed by atoms with Crippen LogP contribution in [0.1, 0.15) is 18.9 Å². The van der Waals surface area contributed by atoms with E-state index in [0.717, 1.165) is 22.2 Å². The summed E-state index contributed by atoms with van der Waals surface area (Å²) in [5.74, 6) is 1.96. The number of rotatable bonds is 6. The molecular weight excluding hydrogens is 302 g/mol. The Morgan fingerprint density at radius 3 is 2.82 bits per heavy atom. The zero-order valence-corrected chi connectivity index (χ0v) is 12.5. The Bertz CT molecular complexity index is 396. The van der Waals surface area contributed by atoms with Crippen molar-refractivity contribution in [2.24, 2.45) is 5.73 Å². The van der Waals surface area contributed by atoms with Gasteiger partial charge in [-0.15, -0.1) is 0 Å². The molecule has 0 aliphatic rings. The molecule has 1 aromatic rings. The van der Waals surface area contributed by atoms with E-state index in [1.165, 1.54) is 0 Å². The van der Waals surface area contributed by atoms with Gasteiger partial charge >= 0.3 is 0 Å². The first-order valence-electron chi connectivity index (χ1n) is 5.46. The van der Waals surface area contributed by atoms with Gasteiger partial charge < -0.3 is 10.5 Å². The standard InChI is InChI=1S/C12H18BrNO2S/c1-9(14)5-6-17(15)8-10-7-11(16-2)3-4-12(10)13/h3-4,7,9H,5-6,8,14H2,1-2H3. The molecule has 0 aliphatic carbocycles. The molecule has 1 aromatic carbocycles. The Balaban J connectivity index is 2.64. The summed E-state index contributed by atoms with van der Waals surface area (Å²) in [5.41, 5.74) is 6.65. The molecule has 0 amide bonds. The van der Waals surface area contributed by atoms with Gasteiger partial charge in [0.15, 0.2) is 0 Å². The molecule has 0 heterocycles. The highest BCUT2D eigenvalue weighted by molar-refractivity contribution is 9.10. The van der Waals surface area contributed by atoms with Gasteiger partial charge in [0.2, 0.25) is 0 Å². The van der Waals surface area contributed by atoms with Gasteiger partial charge in [-0.3, -0.25) is 4.21 Å². The van der Waals surface area contributed by atoms with Gasteiger partial charge in [0.1, 0.15) is 5.75 Å². The molecule has 3 nitrogen and oxygen atoms in total. The maximum atomic E-state index is 11.9.